The Hall–Kier alpha value is -4.20. The molecule has 0 amide bonds. The van der Waals surface area contributed by atoms with Crippen LogP contribution >= 0.6 is 11.8 Å². The minimum absolute atomic E-state index is 0.0411. The Labute approximate surface area is 240 Å². The van der Waals surface area contributed by atoms with E-state index in [4.69, 9.17) is 14.2 Å². The first-order chi connectivity index (χ1) is 19.9. The SMILES string of the molecule is FC(F)(F)C(COC(c1ccccc1)(c1ccccc1)c1ccccc1)Oc1ccc2c(c1)Oc1ccccc1S2. The minimum Gasteiger partial charge on any atom is -0.478 e. The molecule has 1 aliphatic rings. The van der Waals surface area contributed by atoms with E-state index in [1.165, 1.54) is 23.9 Å². The second-order valence-corrected chi connectivity index (χ2v) is 10.6. The summed E-state index contributed by atoms with van der Waals surface area (Å²) in [7, 11) is 0. The van der Waals surface area contributed by atoms with Gasteiger partial charge in [-0.05, 0) is 41.0 Å². The van der Waals surface area contributed by atoms with E-state index < -0.39 is 24.5 Å². The molecule has 0 saturated heterocycles. The van der Waals surface area contributed by atoms with Crippen LogP contribution in [0.4, 0.5) is 13.2 Å². The van der Waals surface area contributed by atoms with Crippen LogP contribution in [0.15, 0.2) is 143 Å². The molecule has 3 nitrogen and oxygen atoms in total. The molecule has 5 aromatic rings. The normalized spacial score (nSPS) is 13.4. The average Bonchev–Trinajstić information content (AvgIpc) is 3.01. The van der Waals surface area contributed by atoms with E-state index in [0.29, 0.717) is 28.2 Å². The van der Waals surface area contributed by atoms with Gasteiger partial charge in [0.1, 0.15) is 22.8 Å². The molecule has 0 saturated carbocycles. The van der Waals surface area contributed by atoms with E-state index in [9.17, 15) is 13.2 Å². The fraction of sp³-hybridized carbons (Fsp3) is 0.118. The Kier molecular flexibility index (Phi) is 7.47. The Morgan fingerprint density at radius 1 is 0.610 bits per heavy atom. The van der Waals surface area contributed by atoms with Crippen molar-refractivity contribution in [2.24, 2.45) is 0 Å². The van der Waals surface area contributed by atoms with Crippen LogP contribution in [0.5, 0.6) is 17.2 Å². The largest absolute Gasteiger partial charge is 0.478 e. The zero-order valence-electron chi connectivity index (χ0n) is 21.8. The number of hydrogen-bond donors (Lipinski definition) is 0. The number of benzene rings is 5. The number of hydrogen-bond acceptors (Lipinski definition) is 4. The lowest BCUT2D eigenvalue weighted by Crippen LogP contribution is -2.43. The fourth-order valence-electron chi connectivity index (χ4n) is 4.91. The Morgan fingerprint density at radius 2 is 1.12 bits per heavy atom. The first-order valence-corrected chi connectivity index (χ1v) is 13.9. The van der Waals surface area contributed by atoms with Gasteiger partial charge in [-0.3, -0.25) is 0 Å². The van der Waals surface area contributed by atoms with E-state index in [-0.39, 0.29) is 5.75 Å². The molecule has 0 N–H and O–H groups in total. The van der Waals surface area contributed by atoms with Crippen molar-refractivity contribution >= 4 is 11.8 Å². The van der Waals surface area contributed by atoms with Crippen LogP contribution in [0.25, 0.3) is 0 Å². The van der Waals surface area contributed by atoms with E-state index in [1.54, 1.807) is 6.07 Å². The third-order valence-corrected chi connectivity index (χ3v) is 7.95. The van der Waals surface area contributed by atoms with Crippen LogP contribution in [0.2, 0.25) is 0 Å². The highest BCUT2D eigenvalue weighted by molar-refractivity contribution is 7.99. The molecular weight excluding hydrogens is 545 g/mol. The summed E-state index contributed by atoms with van der Waals surface area (Å²) in [5.41, 5.74) is 0.805. The van der Waals surface area contributed by atoms with Crippen LogP contribution in [0.3, 0.4) is 0 Å². The Morgan fingerprint density at radius 3 is 1.68 bits per heavy atom. The average molecular weight is 571 g/mol. The Bertz CT molecular complexity index is 1510. The van der Waals surface area contributed by atoms with Crippen molar-refractivity contribution in [2.45, 2.75) is 27.7 Å². The third-order valence-electron chi connectivity index (χ3n) is 6.84. The van der Waals surface area contributed by atoms with Crippen molar-refractivity contribution in [2.75, 3.05) is 6.61 Å². The van der Waals surface area contributed by atoms with Gasteiger partial charge in [-0.2, -0.15) is 13.2 Å². The third kappa shape index (κ3) is 5.56. The van der Waals surface area contributed by atoms with Crippen LogP contribution in [-0.4, -0.2) is 18.9 Å². The lowest BCUT2D eigenvalue weighted by atomic mass is 9.80. The number of alkyl halides is 3. The standard InChI is InChI=1S/C34H25F3O3S/c35-34(36,37)32(39-27-20-21-31-29(22-27)40-28-18-10-11-19-30(28)41-31)23-38-33(24-12-4-1-5-13-24,25-14-6-2-7-15-25)26-16-8-3-9-17-26/h1-22,32H,23H2. The molecule has 1 aliphatic heterocycles. The molecule has 1 atom stereocenters. The van der Waals surface area contributed by atoms with Crippen molar-refractivity contribution in [3.63, 3.8) is 0 Å². The number of fused-ring (bicyclic) bond motifs is 2. The van der Waals surface area contributed by atoms with E-state index >= 15 is 0 Å². The van der Waals surface area contributed by atoms with Gasteiger partial charge in [0.05, 0.1) is 16.4 Å². The smallest absolute Gasteiger partial charge is 0.427 e. The molecule has 0 aliphatic carbocycles. The molecule has 41 heavy (non-hydrogen) atoms. The molecule has 7 heteroatoms. The van der Waals surface area contributed by atoms with Gasteiger partial charge in [-0.1, -0.05) is 115 Å². The zero-order chi connectivity index (χ0) is 28.3. The maximum atomic E-state index is 14.5. The second kappa shape index (κ2) is 11.4. The van der Waals surface area contributed by atoms with Gasteiger partial charge in [0.2, 0.25) is 6.10 Å². The highest BCUT2D eigenvalue weighted by Crippen LogP contribution is 2.48. The van der Waals surface area contributed by atoms with Gasteiger partial charge in [0.15, 0.2) is 0 Å². The maximum Gasteiger partial charge on any atom is 0.427 e. The zero-order valence-corrected chi connectivity index (χ0v) is 22.6. The van der Waals surface area contributed by atoms with Gasteiger partial charge >= 0.3 is 6.18 Å². The summed E-state index contributed by atoms with van der Waals surface area (Å²) >= 11 is 1.49. The minimum atomic E-state index is -4.70. The molecular formula is C34H25F3O3S. The topological polar surface area (TPSA) is 27.7 Å². The molecule has 5 aromatic carbocycles. The first-order valence-electron chi connectivity index (χ1n) is 13.1. The van der Waals surface area contributed by atoms with Gasteiger partial charge in [-0.25, -0.2) is 0 Å². The van der Waals surface area contributed by atoms with Crippen molar-refractivity contribution in [1.29, 1.82) is 0 Å². The van der Waals surface area contributed by atoms with Crippen LogP contribution < -0.4 is 9.47 Å². The molecule has 0 bridgehead atoms. The molecule has 0 radical (unpaired) electrons. The summed E-state index contributed by atoms with van der Waals surface area (Å²) in [5, 5.41) is 0. The van der Waals surface area contributed by atoms with Gasteiger partial charge in [-0.15, -0.1) is 0 Å². The van der Waals surface area contributed by atoms with Crippen molar-refractivity contribution in [3.8, 4) is 17.2 Å². The molecule has 0 spiro atoms. The summed E-state index contributed by atoms with van der Waals surface area (Å²) in [6, 6.07) is 40.1. The summed E-state index contributed by atoms with van der Waals surface area (Å²) < 4.78 is 61.4. The Balaban J connectivity index is 1.34. The summed E-state index contributed by atoms with van der Waals surface area (Å²) in [6.07, 6.45) is -6.94. The summed E-state index contributed by atoms with van der Waals surface area (Å²) in [6.45, 7) is -0.752. The summed E-state index contributed by atoms with van der Waals surface area (Å²) in [5.74, 6) is 1.14. The molecule has 0 fully saturated rings. The van der Waals surface area contributed by atoms with Gasteiger partial charge in [0, 0.05) is 6.07 Å². The van der Waals surface area contributed by atoms with Crippen LogP contribution in [0.1, 0.15) is 16.7 Å². The predicted molar refractivity (Wildman–Crippen MR) is 153 cm³/mol. The number of halogens is 3. The molecule has 206 valence electrons. The second-order valence-electron chi connectivity index (χ2n) is 9.50. The molecule has 0 aromatic heterocycles. The highest BCUT2D eigenvalue weighted by Gasteiger charge is 2.46. The van der Waals surface area contributed by atoms with Crippen LogP contribution in [-0.2, 0) is 10.3 Å². The van der Waals surface area contributed by atoms with Crippen molar-refractivity contribution in [1.82, 2.24) is 0 Å². The molecule has 6 rings (SSSR count). The van der Waals surface area contributed by atoms with E-state index in [2.05, 4.69) is 0 Å². The van der Waals surface area contributed by atoms with Gasteiger partial charge < -0.3 is 14.2 Å². The van der Waals surface area contributed by atoms with Crippen molar-refractivity contribution in [3.05, 3.63) is 150 Å². The van der Waals surface area contributed by atoms with Crippen LogP contribution in [0, 0.1) is 0 Å². The van der Waals surface area contributed by atoms with Crippen molar-refractivity contribution < 1.29 is 27.4 Å². The summed E-state index contributed by atoms with van der Waals surface area (Å²) in [4.78, 5) is 1.74. The fourth-order valence-corrected chi connectivity index (χ4v) is 5.84. The van der Waals surface area contributed by atoms with E-state index in [1.807, 2.05) is 115 Å². The molecule has 1 heterocycles. The highest BCUT2D eigenvalue weighted by atomic mass is 32.2. The number of rotatable bonds is 8. The monoisotopic (exact) mass is 570 g/mol. The number of para-hydroxylation sites is 1. The van der Waals surface area contributed by atoms with Gasteiger partial charge in [0.25, 0.3) is 0 Å². The molecule has 1 unspecified atom stereocenters. The quantitative estimate of drug-likeness (QED) is 0.171. The maximum absolute atomic E-state index is 14.5. The lowest BCUT2D eigenvalue weighted by molar-refractivity contribution is -0.215. The van der Waals surface area contributed by atoms with E-state index in [0.717, 1.165) is 9.79 Å². The predicted octanol–water partition coefficient (Wildman–Crippen LogP) is 9.26. The lowest BCUT2D eigenvalue weighted by Gasteiger charge is -2.37. The number of ether oxygens (including phenoxy) is 3. The first kappa shape index (κ1) is 27.0.